The molecule has 1 aromatic rings. The first-order chi connectivity index (χ1) is 7.56. The number of aliphatic hydroxyl groups is 1. The summed E-state index contributed by atoms with van der Waals surface area (Å²) in [7, 11) is 0. The molecule has 0 heterocycles. The Hall–Kier alpha value is -1.16. The van der Waals surface area contributed by atoms with Gasteiger partial charge in [-0.1, -0.05) is 13.3 Å². The molecule has 1 atom stereocenters. The van der Waals surface area contributed by atoms with Crippen molar-refractivity contribution in [2.75, 3.05) is 6.61 Å². The van der Waals surface area contributed by atoms with E-state index >= 15 is 0 Å². The van der Waals surface area contributed by atoms with Gasteiger partial charge in [-0.3, -0.25) is 0 Å². The molecule has 0 aromatic heterocycles. The van der Waals surface area contributed by atoms with Crippen LogP contribution in [0.4, 0.5) is 8.78 Å². The topological polar surface area (TPSA) is 29.5 Å². The maximum absolute atomic E-state index is 13.4. The van der Waals surface area contributed by atoms with E-state index in [1.807, 2.05) is 6.92 Å². The molecule has 0 spiro atoms. The van der Waals surface area contributed by atoms with Crippen molar-refractivity contribution in [3.63, 3.8) is 0 Å². The summed E-state index contributed by atoms with van der Waals surface area (Å²) in [6.45, 7) is 3.79. The lowest BCUT2D eigenvalue weighted by molar-refractivity contribution is 0.188. The normalized spacial score (nSPS) is 12.6. The number of benzene rings is 1. The van der Waals surface area contributed by atoms with E-state index < -0.39 is 17.7 Å². The smallest absolute Gasteiger partial charge is 0.168 e. The Morgan fingerprint density at radius 3 is 2.62 bits per heavy atom. The van der Waals surface area contributed by atoms with Crippen LogP contribution in [0.1, 0.15) is 38.4 Å². The first kappa shape index (κ1) is 12.9. The van der Waals surface area contributed by atoms with Gasteiger partial charge in [0.2, 0.25) is 0 Å². The summed E-state index contributed by atoms with van der Waals surface area (Å²) in [5, 5.41) is 9.40. The molecule has 1 rings (SSSR count). The van der Waals surface area contributed by atoms with Gasteiger partial charge >= 0.3 is 0 Å². The minimum absolute atomic E-state index is 0.0511. The molecule has 0 amide bonds. The van der Waals surface area contributed by atoms with Crippen LogP contribution in [-0.4, -0.2) is 11.7 Å². The fraction of sp³-hybridized carbons (Fsp3) is 0.500. The Morgan fingerprint density at radius 2 is 2.06 bits per heavy atom. The lowest BCUT2D eigenvalue weighted by Crippen LogP contribution is -2.05. The molecular weight excluding hydrogens is 214 g/mol. The highest BCUT2D eigenvalue weighted by atomic mass is 19.1. The highest BCUT2D eigenvalue weighted by Gasteiger charge is 2.16. The van der Waals surface area contributed by atoms with Crippen LogP contribution in [0.15, 0.2) is 12.1 Å². The van der Waals surface area contributed by atoms with Crippen LogP contribution in [0.2, 0.25) is 0 Å². The van der Waals surface area contributed by atoms with Crippen LogP contribution in [0.3, 0.4) is 0 Å². The third-order valence-corrected chi connectivity index (χ3v) is 2.23. The van der Waals surface area contributed by atoms with Gasteiger partial charge in [0, 0.05) is 11.6 Å². The fourth-order valence-corrected chi connectivity index (χ4v) is 1.36. The van der Waals surface area contributed by atoms with Gasteiger partial charge < -0.3 is 9.84 Å². The molecule has 0 unspecified atom stereocenters. The lowest BCUT2D eigenvalue weighted by Gasteiger charge is -2.14. The summed E-state index contributed by atoms with van der Waals surface area (Å²) in [5.74, 6) is -1.53. The molecule has 0 aliphatic carbocycles. The van der Waals surface area contributed by atoms with E-state index in [0.29, 0.717) is 6.61 Å². The Kier molecular flexibility index (Phi) is 4.68. The molecule has 4 heteroatoms. The molecule has 1 aromatic carbocycles. The molecule has 0 aliphatic rings. The minimum Gasteiger partial charge on any atom is -0.490 e. The van der Waals surface area contributed by atoms with Crippen molar-refractivity contribution in [3.8, 4) is 5.75 Å². The van der Waals surface area contributed by atoms with Gasteiger partial charge in [-0.2, -0.15) is 0 Å². The predicted octanol–water partition coefficient (Wildman–Crippen LogP) is 3.20. The van der Waals surface area contributed by atoms with Gasteiger partial charge in [0.1, 0.15) is 5.82 Å². The Labute approximate surface area is 93.9 Å². The van der Waals surface area contributed by atoms with Crippen molar-refractivity contribution in [3.05, 3.63) is 29.3 Å². The first-order valence-corrected chi connectivity index (χ1v) is 5.36. The van der Waals surface area contributed by atoms with Crippen LogP contribution in [0, 0.1) is 11.6 Å². The molecule has 1 N–H and O–H groups in total. The number of rotatable bonds is 5. The second kappa shape index (κ2) is 5.80. The summed E-state index contributed by atoms with van der Waals surface area (Å²) >= 11 is 0. The molecular formula is C12H16F2O2. The zero-order valence-corrected chi connectivity index (χ0v) is 9.46. The maximum atomic E-state index is 13.4. The monoisotopic (exact) mass is 230 g/mol. The third-order valence-electron chi connectivity index (χ3n) is 2.23. The fourth-order valence-electron chi connectivity index (χ4n) is 1.36. The number of aliphatic hydroxyl groups excluding tert-OH is 1. The molecule has 0 saturated carbocycles. The van der Waals surface area contributed by atoms with E-state index in [-0.39, 0.29) is 11.3 Å². The Morgan fingerprint density at radius 1 is 1.38 bits per heavy atom. The van der Waals surface area contributed by atoms with Gasteiger partial charge in [-0.25, -0.2) is 8.78 Å². The van der Waals surface area contributed by atoms with Crippen molar-refractivity contribution < 1.29 is 18.6 Å². The van der Waals surface area contributed by atoms with Gasteiger partial charge in [0.15, 0.2) is 11.6 Å². The number of unbranched alkanes of at least 4 members (excludes halogenated alkanes) is 1. The van der Waals surface area contributed by atoms with Crippen LogP contribution in [-0.2, 0) is 0 Å². The van der Waals surface area contributed by atoms with E-state index in [1.54, 1.807) is 0 Å². The average Bonchev–Trinajstić information content (AvgIpc) is 2.20. The summed E-state index contributed by atoms with van der Waals surface area (Å²) in [5.41, 5.74) is 0.147. The van der Waals surface area contributed by atoms with E-state index in [9.17, 15) is 13.9 Å². The Bertz CT molecular complexity index is 351. The quantitative estimate of drug-likeness (QED) is 0.787. The number of hydrogen-bond acceptors (Lipinski definition) is 2. The van der Waals surface area contributed by atoms with Crippen molar-refractivity contribution in [1.29, 1.82) is 0 Å². The van der Waals surface area contributed by atoms with Crippen LogP contribution >= 0.6 is 0 Å². The van der Waals surface area contributed by atoms with Crippen molar-refractivity contribution in [2.45, 2.75) is 32.8 Å². The SMILES string of the molecule is CCCCOc1c(F)cc(F)cc1[C@@H](C)O. The zero-order chi connectivity index (χ0) is 12.1. The molecule has 16 heavy (non-hydrogen) atoms. The molecule has 90 valence electrons. The van der Waals surface area contributed by atoms with Crippen LogP contribution < -0.4 is 4.74 Å². The van der Waals surface area contributed by atoms with Crippen LogP contribution in [0.25, 0.3) is 0 Å². The van der Waals surface area contributed by atoms with E-state index in [1.165, 1.54) is 6.92 Å². The minimum atomic E-state index is -0.957. The highest BCUT2D eigenvalue weighted by molar-refractivity contribution is 5.37. The van der Waals surface area contributed by atoms with Gasteiger partial charge in [0.05, 0.1) is 12.7 Å². The first-order valence-electron chi connectivity index (χ1n) is 5.36. The third kappa shape index (κ3) is 3.17. The highest BCUT2D eigenvalue weighted by Crippen LogP contribution is 2.29. The van der Waals surface area contributed by atoms with E-state index in [0.717, 1.165) is 25.0 Å². The molecule has 0 bridgehead atoms. The van der Waals surface area contributed by atoms with Crippen molar-refractivity contribution in [2.24, 2.45) is 0 Å². The second-order valence-corrected chi connectivity index (χ2v) is 3.68. The molecule has 0 aliphatic heterocycles. The number of halogens is 2. The largest absolute Gasteiger partial charge is 0.490 e. The summed E-state index contributed by atoms with van der Waals surface area (Å²) in [6.07, 6.45) is 0.755. The van der Waals surface area contributed by atoms with Crippen molar-refractivity contribution >= 4 is 0 Å². The van der Waals surface area contributed by atoms with Crippen LogP contribution in [0.5, 0.6) is 5.75 Å². The number of ether oxygens (including phenoxy) is 1. The van der Waals surface area contributed by atoms with E-state index in [4.69, 9.17) is 4.74 Å². The van der Waals surface area contributed by atoms with Gasteiger partial charge in [-0.05, 0) is 19.4 Å². The molecule has 0 saturated heterocycles. The Balaban J connectivity index is 2.95. The maximum Gasteiger partial charge on any atom is 0.168 e. The summed E-state index contributed by atoms with van der Waals surface area (Å²) in [6, 6.07) is 1.85. The molecule has 0 fully saturated rings. The lowest BCUT2D eigenvalue weighted by atomic mass is 10.1. The molecule has 0 radical (unpaired) electrons. The van der Waals surface area contributed by atoms with Gasteiger partial charge in [0.25, 0.3) is 0 Å². The summed E-state index contributed by atoms with van der Waals surface area (Å²) in [4.78, 5) is 0. The zero-order valence-electron chi connectivity index (χ0n) is 9.46. The standard InChI is InChI=1S/C12H16F2O2/c1-3-4-5-16-12-10(8(2)15)6-9(13)7-11(12)14/h6-8,15H,3-5H2,1-2H3/t8-/m1/s1. The summed E-state index contributed by atoms with van der Waals surface area (Å²) < 4.78 is 31.6. The molecule has 2 nitrogen and oxygen atoms in total. The average molecular weight is 230 g/mol. The van der Waals surface area contributed by atoms with Gasteiger partial charge in [-0.15, -0.1) is 0 Å². The van der Waals surface area contributed by atoms with E-state index in [2.05, 4.69) is 0 Å². The van der Waals surface area contributed by atoms with Crippen molar-refractivity contribution in [1.82, 2.24) is 0 Å². The predicted molar refractivity (Wildman–Crippen MR) is 57.4 cm³/mol. The second-order valence-electron chi connectivity index (χ2n) is 3.68. The number of hydrogen-bond donors (Lipinski definition) is 1.